The van der Waals surface area contributed by atoms with Gasteiger partial charge >= 0.3 is 0 Å². The summed E-state index contributed by atoms with van der Waals surface area (Å²) in [5.41, 5.74) is 0.841. The monoisotopic (exact) mass is 327 g/mol. The lowest BCUT2D eigenvalue weighted by Crippen LogP contribution is -2.33. The average Bonchev–Trinajstić information content (AvgIpc) is 2.41. The van der Waals surface area contributed by atoms with Crippen LogP contribution >= 0.6 is 15.9 Å². The molecule has 1 N–H and O–H groups in total. The molecule has 1 saturated heterocycles. The van der Waals surface area contributed by atoms with Gasteiger partial charge in [0.05, 0.1) is 6.10 Å². The number of nitrogens with zero attached hydrogens (tertiary/aromatic N) is 1. The van der Waals surface area contributed by atoms with E-state index >= 15 is 0 Å². The zero-order valence-corrected chi connectivity index (χ0v) is 13.0. The van der Waals surface area contributed by atoms with E-state index in [2.05, 4.69) is 20.8 Å². The topological polar surface area (TPSA) is 32.7 Å². The molecule has 1 fully saturated rings. The lowest BCUT2D eigenvalue weighted by atomic mass is 10.1. The molecule has 2 rings (SSSR count). The minimum absolute atomic E-state index is 0.512. The standard InChI is InChI=1S/C15H22BrNO2/c1-12(18)14-11-13(16)5-6-15(14)19-10-9-17-7-3-2-4-8-17/h5-6,11-12,18H,2-4,7-10H2,1H3. The summed E-state index contributed by atoms with van der Waals surface area (Å²) in [6, 6.07) is 5.78. The molecule has 1 aliphatic heterocycles. The van der Waals surface area contributed by atoms with Gasteiger partial charge in [-0.3, -0.25) is 4.90 Å². The number of likely N-dealkylation sites (tertiary alicyclic amines) is 1. The van der Waals surface area contributed by atoms with Gasteiger partial charge in [-0.15, -0.1) is 0 Å². The summed E-state index contributed by atoms with van der Waals surface area (Å²) in [6.07, 6.45) is 3.45. The van der Waals surface area contributed by atoms with Crippen LogP contribution in [0.5, 0.6) is 5.75 Å². The van der Waals surface area contributed by atoms with Crippen molar-refractivity contribution in [3.63, 3.8) is 0 Å². The molecular weight excluding hydrogens is 306 g/mol. The lowest BCUT2D eigenvalue weighted by Gasteiger charge is -2.26. The van der Waals surface area contributed by atoms with Gasteiger partial charge in [-0.25, -0.2) is 0 Å². The summed E-state index contributed by atoms with van der Waals surface area (Å²) in [4.78, 5) is 2.45. The van der Waals surface area contributed by atoms with Crippen molar-refractivity contribution in [1.82, 2.24) is 4.90 Å². The van der Waals surface area contributed by atoms with Gasteiger partial charge in [0, 0.05) is 16.6 Å². The lowest BCUT2D eigenvalue weighted by molar-refractivity contribution is 0.171. The Kier molecular flexibility index (Phi) is 5.67. The quantitative estimate of drug-likeness (QED) is 0.900. The van der Waals surface area contributed by atoms with Crippen LogP contribution < -0.4 is 4.74 Å². The van der Waals surface area contributed by atoms with Crippen molar-refractivity contribution in [3.8, 4) is 5.75 Å². The number of benzene rings is 1. The van der Waals surface area contributed by atoms with Crippen molar-refractivity contribution in [2.45, 2.75) is 32.3 Å². The normalized spacial score (nSPS) is 18.3. The Hall–Kier alpha value is -0.580. The van der Waals surface area contributed by atoms with E-state index < -0.39 is 6.10 Å². The van der Waals surface area contributed by atoms with Gasteiger partial charge in [-0.1, -0.05) is 22.4 Å². The molecule has 0 radical (unpaired) electrons. The van der Waals surface area contributed by atoms with Crippen molar-refractivity contribution in [1.29, 1.82) is 0 Å². The molecule has 19 heavy (non-hydrogen) atoms. The maximum absolute atomic E-state index is 9.77. The van der Waals surface area contributed by atoms with Crippen molar-refractivity contribution in [2.24, 2.45) is 0 Å². The van der Waals surface area contributed by atoms with Crippen molar-refractivity contribution < 1.29 is 9.84 Å². The Morgan fingerprint density at radius 2 is 2.05 bits per heavy atom. The summed E-state index contributed by atoms with van der Waals surface area (Å²) < 4.78 is 6.80. The second kappa shape index (κ2) is 7.27. The van der Waals surface area contributed by atoms with Gasteiger partial charge in [0.1, 0.15) is 12.4 Å². The van der Waals surface area contributed by atoms with Crippen LogP contribution in [0, 0.1) is 0 Å². The number of ether oxygens (including phenoxy) is 1. The van der Waals surface area contributed by atoms with E-state index in [1.54, 1.807) is 6.92 Å². The zero-order valence-electron chi connectivity index (χ0n) is 11.4. The van der Waals surface area contributed by atoms with E-state index in [-0.39, 0.29) is 0 Å². The van der Waals surface area contributed by atoms with E-state index in [4.69, 9.17) is 4.74 Å². The SMILES string of the molecule is CC(O)c1cc(Br)ccc1OCCN1CCCCC1. The van der Waals surface area contributed by atoms with Gasteiger partial charge in [-0.2, -0.15) is 0 Å². The predicted molar refractivity (Wildman–Crippen MR) is 80.6 cm³/mol. The second-order valence-electron chi connectivity index (χ2n) is 5.11. The molecule has 1 unspecified atom stereocenters. The maximum Gasteiger partial charge on any atom is 0.125 e. The Bertz CT molecular complexity index is 403. The molecule has 1 atom stereocenters. The summed E-state index contributed by atoms with van der Waals surface area (Å²) in [5, 5.41) is 9.77. The molecule has 1 heterocycles. The number of piperidine rings is 1. The van der Waals surface area contributed by atoms with Crippen LogP contribution in [0.3, 0.4) is 0 Å². The fourth-order valence-electron chi connectivity index (χ4n) is 2.44. The molecule has 0 saturated carbocycles. The first-order valence-electron chi connectivity index (χ1n) is 6.99. The maximum atomic E-state index is 9.77. The summed E-state index contributed by atoms with van der Waals surface area (Å²) >= 11 is 3.42. The molecule has 106 valence electrons. The third-order valence-corrected chi connectivity index (χ3v) is 4.03. The molecule has 4 heteroatoms. The molecule has 0 aromatic heterocycles. The fourth-order valence-corrected chi connectivity index (χ4v) is 2.82. The molecule has 3 nitrogen and oxygen atoms in total. The van der Waals surface area contributed by atoms with Gasteiger partial charge in [0.25, 0.3) is 0 Å². The van der Waals surface area contributed by atoms with Crippen LogP contribution in [0.2, 0.25) is 0 Å². The first kappa shape index (κ1) is 14.8. The van der Waals surface area contributed by atoms with E-state index in [0.717, 1.165) is 22.3 Å². The van der Waals surface area contributed by atoms with E-state index in [1.807, 2.05) is 18.2 Å². The molecule has 1 aromatic carbocycles. The number of hydrogen-bond donors (Lipinski definition) is 1. The zero-order chi connectivity index (χ0) is 13.7. The Morgan fingerprint density at radius 3 is 2.74 bits per heavy atom. The number of hydrogen-bond acceptors (Lipinski definition) is 3. The van der Waals surface area contributed by atoms with Crippen LogP contribution in [0.15, 0.2) is 22.7 Å². The number of aliphatic hydroxyl groups is 1. The highest BCUT2D eigenvalue weighted by Crippen LogP contribution is 2.28. The largest absolute Gasteiger partial charge is 0.492 e. The fraction of sp³-hybridized carbons (Fsp3) is 0.600. The summed E-state index contributed by atoms with van der Waals surface area (Å²) in [5.74, 6) is 0.787. The van der Waals surface area contributed by atoms with E-state index in [9.17, 15) is 5.11 Å². The Labute approximate surface area is 123 Å². The Morgan fingerprint density at radius 1 is 1.32 bits per heavy atom. The van der Waals surface area contributed by atoms with Crippen LogP contribution in [0.25, 0.3) is 0 Å². The molecular formula is C15H22BrNO2. The Balaban J connectivity index is 1.88. The molecule has 0 aliphatic carbocycles. The molecule has 1 aliphatic rings. The van der Waals surface area contributed by atoms with Crippen LogP contribution in [0.4, 0.5) is 0 Å². The van der Waals surface area contributed by atoms with Gasteiger partial charge in [0.2, 0.25) is 0 Å². The highest BCUT2D eigenvalue weighted by atomic mass is 79.9. The van der Waals surface area contributed by atoms with Gasteiger partial charge in [0.15, 0.2) is 0 Å². The smallest absolute Gasteiger partial charge is 0.125 e. The molecule has 0 spiro atoms. The van der Waals surface area contributed by atoms with Crippen molar-refractivity contribution >= 4 is 15.9 Å². The van der Waals surface area contributed by atoms with Gasteiger partial charge in [-0.05, 0) is 51.1 Å². The van der Waals surface area contributed by atoms with Crippen LogP contribution in [0.1, 0.15) is 37.9 Å². The molecule has 1 aromatic rings. The summed E-state index contributed by atoms with van der Waals surface area (Å²) in [7, 11) is 0. The molecule has 0 bridgehead atoms. The van der Waals surface area contributed by atoms with E-state index in [0.29, 0.717) is 6.61 Å². The first-order valence-corrected chi connectivity index (χ1v) is 7.79. The summed E-state index contributed by atoms with van der Waals surface area (Å²) in [6.45, 7) is 5.79. The molecule has 0 amide bonds. The third-order valence-electron chi connectivity index (χ3n) is 3.54. The van der Waals surface area contributed by atoms with Crippen molar-refractivity contribution in [3.05, 3.63) is 28.2 Å². The van der Waals surface area contributed by atoms with E-state index in [1.165, 1.54) is 32.4 Å². The number of rotatable bonds is 5. The number of halogens is 1. The minimum Gasteiger partial charge on any atom is -0.492 e. The second-order valence-corrected chi connectivity index (χ2v) is 6.02. The minimum atomic E-state index is -0.512. The predicted octanol–water partition coefficient (Wildman–Crippen LogP) is 3.37. The van der Waals surface area contributed by atoms with Crippen LogP contribution in [-0.4, -0.2) is 36.2 Å². The average molecular weight is 328 g/mol. The third kappa shape index (κ3) is 4.48. The van der Waals surface area contributed by atoms with Crippen LogP contribution in [-0.2, 0) is 0 Å². The highest BCUT2D eigenvalue weighted by Gasteiger charge is 2.12. The number of aliphatic hydroxyl groups excluding tert-OH is 1. The highest BCUT2D eigenvalue weighted by molar-refractivity contribution is 9.10. The van der Waals surface area contributed by atoms with Gasteiger partial charge < -0.3 is 9.84 Å². The van der Waals surface area contributed by atoms with Crippen molar-refractivity contribution in [2.75, 3.05) is 26.2 Å². The first-order chi connectivity index (χ1) is 9.16.